The van der Waals surface area contributed by atoms with Crippen LogP contribution in [0.4, 0.5) is 0 Å². The zero-order valence-corrected chi connectivity index (χ0v) is 20.9. The van der Waals surface area contributed by atoms with Gasteiger partial charge in [-0.25, -0.2) is 0 Å². The van der Waals surface area contributed by atoms with Gasteiger partial charge in [0.15, 0.2) is 5.96 Å². The maximum atomic E-state index is 12.6. The second-order valence-electron chi connectivity index (χ2n) is 8.24. The van der Waals surface area contributed by atoms with Crippen molar-refractivity contribution in [3.05, 3.63) is 35.4 Å². The van der Waals surface area contributed by atoms with Gasteiger partial charge in [-0.1, -0.05) is 19.1 Å². The van der Waals surface area contributed by atoms with Crippen LogP contribution in [0.2, 0.25) is 0 Å². The molecule has 0 aliphatic carbocycles. The Hall–Kier alpha value is -1.35. The first-order valence-electron chi connectivity index (χ1n) is 11.3. The van der Waals surface area contributed by atoms with Crippen molar-refractivity contribution < 1.29 is 4.79 Å². The molecule has 2 saturated heterocycles. The fourth-order valence-electron chi connectivity index (χ4n) is 4.24. The monoisotopic (exact) mass is 527 g/mol. The van der Waals surface area contributed by atoms with E-state index in [0.29, 0.717) is 12.6 Å². The molecule has 0 unspecified atom stereocenters. The van der Waals surface area contributed by atoms with E-state index in [0.717, 1.165) is 68.9 Å². The molecule has 30 heavy (non-hydrogen) atoms. The van der Waals surface area contributed by atoms with E-state index in [2.05, 4.69) is 27.4 Å². The summed E-state index contributed by atoms with van der Waals surface area (Å²) >= 11 is 0. The zero-order valence-electron chi connectivity index (χ0n) is 18.5. The normalized spacial score (nSPS) is 18.6. The second-order valence-corrected chi connectivity index (χ2v) is 8.24. The molecule has 2 aliphatic heterocycles. The average molecular weight is 527 g/mol. The molecule has 168 valence electrons. The third-order valence-corrected chi connectivity index (χ3v) is 6.00. The largest absolute Gasteiger partial charge is 0.354 e. The van der Waals surface area contributed by atoms with E-state index in [-0.39, 0.29) is 29.9 Å². The molecule has 0 aromatic heterocycles. The van der Waals surface area contributed by atoms with Crippen LogP contribution in [0.1, 0.15) is 61.4 Å². The van der Waals surface area contributed by atoms with Crippen LogP contribution in [-0.2, 0) is 6.54 Å². The fourth-order valence-corrected chi connectivity index (χ4v) is 4.24. The zero-order chi connectivity index (χ0) is 20.5. The number of nitrogens with zero attached hydrogens (tertiary/aromatic N) is 3. The average Bonchev–Trinajstić information content (AvgIpc) is 2.78. The van der Waals surface area contributed by atoms with Crippen molar-refractivity contribution in [1.29, 1.82) is 0 Å². The van der Waals surface area contributed by atoms with Crippen molar-refractivity contribution in [2.75, 3.05) is 39.8 Å². The molecule has 2 N–H and O–H groups in total. The molecule has 0 saturated carbocycles. The number of hydrogen-bond donors (Lipinski definition) is 2. The number of nitrogens with one attached hydrogen (secondary N) is 2. The molecule has 7 heteroatoms. The van der Waals surface area contributed by atoms with Gasteiger partial charge in [0.2, 0.25) is 0 Å². The smallest absolute Gasteiger partial charge is 0.253 e. The fraction of sp³-hybridized carbons (Fsp3) is 0.652. The topological polar surface area (TPSA) is 60.0 Å². The predicted octanol–water partition coefficient (Wildman–Crippen LogP) is 3.47. The molecule has 0 atom stereocenters. The van der Waals surface area contributed by atoms with Crippen molar-refractivity contribution >= 4 is 35.8 Å². The third-order valence-electron chi connectivity index (χ3n) is 6.00. The molecule has 2 fully saturated rings. The highest BCUT2D eigenvalue weighted by molar-refractivity contribution is 14.0. The molecule has 1 aromatic rings. The third kappa shape index (κ3) is 7.41. The van der Waals surface area contributed by atoms with Crippen LogP contribution in [0.25, 0.3) is 0 Å². The Morgan fingerprint density at radius 1 is 1.07 bits per heavy atom. The van der Waals surface area contributed by atoms with Crippen LogP contribution in [0.3, 0.4) is 0 Å². The molecule has 1 amide bonds. The SMILES string of the molecule is CCCN1CCC(NC(=NC)NCc2ccc(C(=O)N3CCCCC3)cc2)CC1.I. The van der Waals surface area contributed by atoms with Gasteiger partial charge in [-0.2, -0.15) is 0 Å². The van der Waals surface area contributed by atoms with Crippen LogP contribution in [0.15, 0.2) is 29.3 Å². The number of aliphatic imine (C=N–C) groups is 1. The number of benzene rings is 1. The van der Waals surface area contributed by atoms with Gasteiger partial charge in [0, 0.05) is 51.4 Å². The highest BCUT2D eigenvalue weighted by atomic mass is 127. The van der Waals surface area contributed by atoms with E-state index >= 15 is 0 Å². The Balaban J connectivity index is 0.00000320. The minimum Gasteiger partial charge on any atom is -0.354 e. The summed E-state index contributed by atoms with van der Waals surface area (Å²) in [4.78, 5) is 21.5. The quantitative estimate of drug-likeness (QED) is 0.338. The molecule has 0 spiro atoms. The van der Waals surface area contributed by atoms with E-state index in [9.17, 15) is 4.79 Å². The minimum absolute atomic E-state index is 0. The highest BCUT2D eigenvalue weighted by Crippen LogP contribution is 2.14. The number of amides is 1. The Bertz CT molecular complexity index is 665. The second kappa shape index (κ2) is 13.1. The summed E-state index contributed by atoms with van der Waals surface area (Å²) in [6, 6.07) is 8.47. The van der Waals surface area contributed by atoms with Crippen molar-refractivity contribution in [1.82, 2.24) is 20.4 Å². The van der Waals surface area contributed by atoms with Gasteiger partial charge in [0.25, 0.3) is 5.91 Å². The number of carbonyl (C=O) groups is 1. The van der Waals surface area contributed by atoms with E-state index in [1.807, 2.05) is 36.2 Å². The van der Waals surface area contributed by atoms with E-state index in [4.69, 9.17) is 0 Å². The van der Waals surface area contributed by atoms with Gasteiger partial charge in [-0.3, -0.25) is 9.79 Å². The van der Waals surface area contributed by atoms with Gasteiger partial charge >= 0.3 is 0 Å². The lowest BCUT2D eigenvalue weighted by molar-refractivity contribution is 0.0724. The lowest BCUT2D eigenvalue weighted by atomic mass is 10.1. The number of rotatable bonds is 6. The lowest BCUT2D eigenvalue weighted by Gasteiger charge is -2.32. The molecule has 0 bridgehead atoms. The minimum atomic E-state index is 0. The summed E-state index contributed by atoms with van der Waals surface area (Å²) in [6.45, 7) is 8.25. The highest BCUT2D eigenvalue weighted by Gasteiger charge is 2.20. The van der Waals surface area contributed by atoms with Crippen molar-refractivity contribution in [2.24, 2.45) is 4.99 Å². The summed E-state index contributed by atoms with van der Waals surface area (Å²) in [7, 11) is 1.82. The first-order chi connectivity index (χ1) is 14.2. The number of hydrogen-bond acceptors (Lipinski definition) is 3. The number of piperidine rings is 2. The van der Waals surface area contributed by atoms with E-state index < -0.39 is 0 Å². The molecular formula is C23H38IN5O. The van der Waals surface area contributed by atoms with E-state index in [1.165, 1.54) is 19.4 Å². The molecule has 6 nitrogen and oxygen atoms in total. The first-order valence-corrected chi connectivity index (χ1v) is 11.3. The summed E-state index contributed by atoms with van der Waals surface area (Å²) in [5.41, 5.74) is 1.94. The maximum Gasteiger partial charge on any atom is 0.253 e. The predicted molar refractivity (Wildman–Crippen MR) is 135 cm³/mol. The van der Waals surface area contributed by atoms with E-state index in [1.54, 1.807) is 0 Å². The molecular weight excluding hydrogens is 489 g/mol. The Morgan fingerprint density at radius 2 is 1.73 bits per heavy atom. The van der Waals surface area contributed by atoms with Crippen molar-refractivity contribution in [2.45, 2.75) is 58.0 Å². The van der Waals surface area contributed by atoms with Crippen LogP contribution in [0.5, 0.6) is 0 Å². The van der Waals surface area contributed by atoms with Gasteiger partial charge in [-0.05, 0) is 62.8 Å². The molecule has 2 aliphatic rings. The van der Waals surface area contributed by atoms with Gasteiger partial charge in [-0.15, -0.1) is 24.0 Å². The van der Waals surface area contributed by atoms with Gasteiger partial charge in [0.1, 0.15) is 0 Å². The number of halogens is 1. The Kier molecular flexibility index (Phi) is 10.9. The molecule has 0 radical (unpaired) electrons. The molecule has 2 heterocycles. The van der Waals surface area contributed by atoms with Crippen LogP contribution < -0.4 is 10.6 Å². The van der Waals surface area contributed by atoms with Crippen molar-refractivity contribution in [3.63, 3.8) is 0 Å². The Labute approximate surface area is 198 Å². The maximum absolute atomic E-state index is 12.6. The summed E-state index contributed by atoms with van der Waals surface area (Å²) in [6.07, 6.45) is 7.03. The summed E-state index contributed by atoms with van der Waals surface area (Å²) in [5, 5.41) is 6.97. The Morgan fingerprint density at radius 3 is 2.33 bits per heavy atom. The van der Waals surface area contributed by atoms with Crippen LogP contribution >= 0.6 is 24.0 Å². The lowest BCUT2D eigenvalue weighted by Crippen LogP contribution is -2.48. The molecule has 3 rings (SSSR count). The number of likely N-dealkylation sites (tertiary alicyclic amines) is 2. The summed E-state index contributed by atoms with van der Waals surface area (Å²) < 4.78 is 0. The van der Waals surface area contributed by atoms with Gasteiger partial charge < -0.3 is 20.4 Å². The summed E-state index contributed by atoms with van der Waals surface area (Å²) in [5.74, 6) is 1.02. The van der Waals surface area contributed by atoms with Crippen molar-refractivity contribution in [3.8, 4) is 0 Å². The van der Waals surface area contributed by atoms with Gasteiger partial charge in [0.05, 0.1) is 0 Å². The number of guanidine groups is 1. The van der Waals surface area contributed by atoms with Crippen LogP contribution in [0, 0.1) is 0 Å². The molecule has 1 aromatic carbocycles. The number of carbonyl (C=O) groups excluding carboxylic acids is 1. The first kappa shape index (κ1) is 24.9. The van der Waals surface area contributed by atoms with Crippen LogP contribution in [-0.4, -0.2) is 67.5 Å². The standard InChI is InChI=1S/C23H37N5O.HI/c1-3-13-27-16-11-21(12-17-27)26-23(24-2)25-18-19-7-9-20(10-8-19)22(29)28-14-5-4-6-15-28;/h7-10,21H,3-6,11-18H2,1-2H3,(H2,24,25,26);1H.